The largest absolute Gasteiger partial charge is 0.388 e. The summed E-state index contributed by atoms with van der Waals surface area (Å²) in [5, 5.41) is 3.06. The standard InChI is InChI=1S/C18H16INO/c1-20-17-10-4-15(5-11-17)7-13-18(21)12-6-14-2-8-16(19)9-3-14/h2-13,20H,1H3/b12-6+,13-7+/i19-2. The molecule has 2 aromatic rings. The van der Waals surface area contributed by atoms with Crippen LogP contribution in [0.2, 0.25) is 0 Å². The molecule has 2 aromatic carbocycles. The van der Waals surface area contributed by atoms with Crippen LogP contribution in [0.1, 0.15) is 11.1 Å². The van der Waals surface area contributed by atoms with E-state index in [1.165, 1.54) is 3.57 Å². The first-order valence-corrected chi connectivity index (χ1v) is 7.69. The number of benzene rings is 2. The zero-order valence-electron chi connectivity index (χ0n) is 11.7. The fourth-order valence-corrected chi connectivity index (χ4v) is 2.11. The van der Waals surface area contributed by atoms with Gasteiger partial charge in [-0.3, -0.25) is 4.79 Å². The lowest BCUT2D eigenvalue weighted by molar-refractivity contribution is -0.110. The zero-order chi connectivity index (χ0) is 15.1. The number of nitrogens with one attached hydrogen (secondary N) is 1. The lowest BCUT2D eigenvalue weighted by Crippen LogP contribution is -1.87. The summed E-state index contributed by atoms with van der Waals surface area (Å²) in [5.74, 6) is -0.0220. The number of allylic oxidation sites excluding steroid dienone is 2. The average Bonchev–Trinajstić information content (AvgIpc) is 2.53. The second-order valence-corrected chi connectivity index (χ2v) is 5.74. The van der Waals surface area contributed by atoms with Gasteiger partial charge in [-0.25, -0.2) is 0 Å². The highest BCUT2D eigenvalue weighted by Gasteiger charge is 1.93. The molecule has 3 heteroatoms. The van der Waals surface area contributed by atoms with Gasteiger partial charge in [0.05, 0.1) is 0 Å². The van der Waals surface area contributed by atoms with E-state index in [9.17, 15) is 4.79 Å². The minimum absolute atomic E-state index is 0.0220. The maximum absolute atomic E-state index is 11.8. The van der Waals surface area contributed by atoms with E-state index in [-0.39, 0.29) is 5.78 Å². The number of halogens is 1. The molecular weight excluding hydrogens is 371 g/mol. The van der Waals surface area contributed by atoms with Crippen molar-refractivity contribution in [1.82, 2.24) is 0 Å². The second-order valence-electron chi connectivity index (χ2n) is 4.49. The quantitative estimate of drug-likeness (QED) is 0.599. The Hall–Kier alpha value is -1.88. The Kier molecular flexibility index (Phi) is 5.75. The number of hydrogen-bond acceptors (Lipinski definition) is 2. The van der Waals surface area contributed by atoms with Gasteiger partial charge in [0.15, 0.2) is 5.78 Å². The Morgan fingerprint density at radius 1 is 0.905 bits per heavy atom. The van der Waals surface area contributed by atoms with Gasteiger partial charge in [-0.05, 0) is 70.1 Å². The van der Waals surface area contributed by atoms with Crippen LogP contribution < -0.4 is 5.32 Å². The molecule has 21 heavy (non-hydrogen) atoms. The summed E-state index contributed by atoms with van der Waals surface area (Å²) in [6, 6.07) is 15.9. The zero-order valence-corrected chi connectivity index (χ0v) is 13.9. The van der Waals surface area contributed by atoms with Gasteiger partial charge < -0.3 is 5.32 Å². The number of hydrogen-bond donors (Lipinski definition) is 1. The van der Waals surface area contributed by atoms with Gasteiger partial charge >= 0.3 is 0 Å². The van der Waals surface area contributed by atoms with Crippen molar-refractivity contribution in [1.29, 1.82) is 0 Å². The third-order valence-corrected chi connectivity index (χ3v) is 3.67. The van der Waals surface area contributed by atoms with Gasteiger partial charge in [0.2, 0.25) is 0 Å². The molecule has 2 rings (SSSR count). The van der Waals surface area contributed by atoms with Crippen molar-refractivity contribution in [3.8, 4) is 0 Å². The normalized spacial score (nSPS) is 11.1. The summed E-state index contributed by atoms with van der Waals surface area (Å²) in [5.41, 5.74) is 3.08. The van der Waals surface area contributed by atoms with Crippen LogP contribution in [0.25, 0.3) is 12.2 Å². The fourth-order valence-electron chi connectivity index (χ4n) is 1.75. The van der Waals surface area contributed by atoms with Gasteiger partial charge in [-0.15, -0.1) is 0 Å². The van der Waals surface area contributed by atoms with Crippen molar-refractivity contribution < 1.29 is 4.79 Å². The summed E-state index contributed by atoms with van der Waals surface area (Å²) < 4.78 is 1.18. The summed E-state index contributed by atoms with van der Waals surface area (Å²) >= 11 is 2.26. The average molecular weight is 387 g/mol. The summed E-state index contributed by atoms with van der Waals surface area (Å²) in [6.45, 7) is 0. The van der Waals surface area contributed by atoms with Gasteiger partial charge in [-0.1, -0.05) is 36.4 Å². The Labute approximate surface area is 138 Å². The molecule has 2 nitrogen and oxygen atoms in total. The topological polar surface area (TPSA) is 29.1 Å². The third-order valence-electron chi connectivity index (χ3n) is 2.95. The highest BCUT2D eigenvalue weighted by molar-refractivity contribution is 14.1. The van der Waals surface area contributed by atoms with E-state index >= 15 is 0 Å². The van der Waals surface area contributed by atoms with Crippen molar-refractivity contribution in [2.75, 3.05) is 12.4 Å². The molecule has 0 heterocycles. The second kappa shape index (κ2) is 7.78. The van der Waals surface area contributed by atoms with E-state index in [4.69, 9.17) is 0 Å². The SMILES string of the molecule is CNc1ccc(/C=C/C(=O)/C=C/c2ccc([125I])cc2)cc1. The summed E-state index contributed by atoms with van der Waals surface area (Å²) in [4.78, 5) is 11.8. The predicted octanol–water partition coefficient (Wildman–Crippen LogP) is 4.63. The molecule has 0 aliphatic heterocycles. The minimum atomic E-state index is -0.0220. The first kappa shape index (κ1) is 15.5. The molecule has 106 valence electrons. The third kappa shape index (κ3) is 5.19. The monoisotopic (exact) mass is 387 g/mol. The molecule has 0 aliphatic rings. The van der Waals surface area contributed by atoms with Crippen LogP contribution in [0.5, 0.6) is 0 Å². The molecule has 0 atom stereocenters. The van der Waals surface area contributed by atoms with Crippen molar-refractivity contribution in [3.63, 3.8) is 0 Å². The van der Waals surface area contributed by atoms with Crippen molar-refractivity contribution >= 4 is 46.2 Å². The van der Waals surface area contributed by atoms with Crippen LogP contribution in [-0.4, -0.2) is 12.8 Å². The Morgan fingerprint density at radius 2 is 1.38 bits per heavy atom. The number of ketones is 1. The molecule has 0 saturated carbocycles. The van der Waals surface area contributed by atoms with E-state index < -0.39 is 0 Å². The van der Waals surface area contributed by atoms with Crippen molar-refractivity contribution in [3.05, 3.63) is 75.4 Å². The number of carbonyl (C=O) groups is 1. The minimum Gasteiger partial charge on any atom is -0.388 e. The molecule has 0 bridgehead atoms. The highest BCUT2D eigenvalue weighted by Crippen LogP contribution is 2.10. The van der Waals surface area contributed by atoms with Gasteiger partial charge in [0, 0.05) is 16.3 Å². The molecule has 0 aliphatic carbocycles. The van der Waals surface area contributed by atoms with Crippen LogP contribution in [0.15, 0.2) is 60.7 Å². The van der Waals surface area contributed by atoms with Gasteiger partial charge in [0.1, 0.15) is 0 Å². The Balaban J connectivity index is 1.96. The summed E-state index contributed by atoms with van der Waals surface area (Å²) in [6.07, 6.45) is 6.81. The number of rotatable bonds is 5. The Bertz CT molecular complexity index is 655. The van der Waals surface area contributed by atoms with Crippen LogP contribution in [-0.2, 0) is 4.79 Å². The summed E-state index contributed by atoms with van der Waals surface area (Å²) in [7, 11) is 1.88. The molecule has 0 unspecified atom stereocenters. The van der Waals surface area contributed by atoms with E-state index in [0.29, 0.717) is 0 Å². The molecule has 0 amide bonds. The highest BCUT2D eigenvalue weighted by atomic mass is 125. The van der Waals surface area contributed by atoms with Crippen LogP contribution >= 0.6 is 22.6 Å². The molecule has 0 fully saturated rings. The lowest BCUT2D eigenvalue weighted by atomic mass is 10.1. The van der Waals surface area contributed by atoms with Crippen LogP contribution in [0.4, 0.5) is 5.69 Å². The first-order chi connectivity index (χ1) is 10.2. The molecule has 1 N–H and O–H groups in total. The fraction of sp³-hybridized carbons (Fsp3) is 0.0556. The molecule has 0 radical (unpaired) electrons. The molecule has 0 spiro atoms. The predicted molar refractivity (Wildman–Crippen MR) is 98.2 cm³/mol. The van der Waals surface area contributed by atoms with Gasteiger partial charge in [-0.2, -0.15) is 0 Å². The maximum atomic E-state index is 11.8. The van der Waals surface area contributed by atoms with E-state index in [2.05, 4.69) is 27.9 Å². The number of carbonyl (C=O) groups excluding carboxylic acids is 1. The van der Waals surface area contributed by atoms with Crippen molar-refractivity contribution in [2.45, 2.75) is 0 Å². The molecule has 0 saturated heterocycles. The van der Waals surface area contributed by atoms with Gasteiger partial charge in [0.25, 0.3) is 0 Å². The number of anilines is 1. The lowest BCUT2D eigenvalue weighted by Gasteiger charge is -1.99. The molecule has 0 aromatic heterocycles. The van der Waals surface area contributed by atoms with E-state index in [0.717, 1.165) is 16.8 Å². The molecular formula is C18H16INO. The van der Waals surface area contributed by atoms with E-state index in [1.807, 2.05) is 67.7 Å². The van der Waals surface area contributed by atoms with Crippen molar-refractivity contribution in [2.24, 2.45) is 0 Å². The maximum Gasteiger partial charge on any atom is 0.178 e. The first-order valence-electron chi connectivity index (χ1n) is 6.61. The smallest absolute Gasteiger partial charge is 0.178 e. The Morgan fingerprint density at radius 3 is 1.86 bits per heavy atom. The van der Waals surface area contributed by atoms with E-state index in [1.54, 1.807) is 12.2 Å². The van der Waals surface area contributed by atoms with Crippen LogP contribution in [0, 0.1) is 3.57 Å². The van der Waals surface area contributed by atoms with Crippen LogP contribution in [0.3, 0.4) is 0 Å².